The summed E-state index contributed by atoms with van der Waals surface area (Å²) in [6, 6.07) is 20.0. The molecule has 0 saturated heterocycles. The molecule has 110 valence electrons. The molecular formula is C19H22O2. The molecule has 1 unspecified atom stereocenters. The van der Waals surface area contributed by atoms with E-state index in [1.807, 2.05) is 48.5 Å². The van der Waals surface area contributed by atoms with Gasteiger partial charge in [-0.1, -0.05) is 74.0 Å². The van der Waals surface area contributed by atoms with Crippen LogP contribution >= 0.6 is 0 Å². The number of carbonyl (C=O) groups excluding carboxylic acids is 1. The van der Waals surface area contributed by atoms with Crippen molar-refractivity contribution in [2.75, 3.05) is 6.61 Å². The number of carbonyl (C=O) groups is 1. The van der Waals surface area contributed by atoms with Gasteiger partial charge in [0.25, 0.3) is 0 Å². The summed E-state index contributed by atoms with van der Waals surface area (Å²) in [5.74, 6) is -0.357. The van der Waals surface area contributed by atoms with E-state index in [0.29, 0.717) is 13.0 Å². The zero-order chi connectivity index (χ0) is 14.9. The maximum absolute atomic E-state index is 12.4. The molecule has 0 amide bonds. The topological polar surface area (TPSA) is 26.3 Å². The van der Waals surface area contributed by atoms with Crippen LogP contribution < -0.4 is 0 Å². The quantitative estimate of drug-likeness (QED) is 0.557. The molecule has 0 aromatic heterocycles. The third kappa shape index (κ3) is 4.75. The molecule has 0 spiro atoms. The van der Waals surface area contributed by atoms with Crippen molar-refractivity contribution in [1.82, 2.24) is 0 Å². The van der Waals surface area contributed by atoms with Crippen molar-refractivity contribution >= 4 is 5.97 Å². The van der Waals surface area contributed by atoms with Crippen LogP contribution in [0.15, 0.2) is 60.7 Å². The Kier molecular flexibility index (Phi) is 6.01. The van der Waals surface area contributed by atoms with E-state index in [4.69, 9.17) is 4.74 Å². The summed E-state index contributed by atoms with van der Waals surface area (Å²) < 4.78 is 5.43. The third-order valence-electron chi connectivity index (χ3n) is 3.51. The molecule has 0 heterocycles. The van der Waals surface area contributed by atoms with Crippen LogP contribution in [0.5, 0.6) is 0 Å². The van der Waals surface area contributed by atoms with Crippen molar-refractivity contribution in [3.05, 3.63) is 71.8 Å². The number of hydrogen-bond donors (Lipinski definition) is 0. The molecule has 2 aromatic carbocycles. The van der Waals surface area contributed by atoms with Crippen molar-refractivity contribution in [3.8, 4) is 0 Å². The van der Waals surface area contributed by atoms with Crippen LogP contribution in [0.3, 0.4) is 0 Å². The fourth-order valence-electron chi connectivity index (χ4n) is 2.29. The third-order valence-corrected chi connectivity index (χ3v) is 3.51. The van der Waals surface area contributed by atoms with E-state index in [2.05, 4.69) is 19.1 Å². The SMILES string of the molecule is CCCCOC(=O)C(Cc1ccccc1)c1ccccc1. The second kappa shape index (κ2) is 8.25. The largest absolute Gasteiger partial charge is 0.465 e. The van der Waals surface area contributed by atoms with Gasteiger partial charge in [0, 0.05) is 0 Å². The van der Waals surface area contributed by atoms with Crippen molar-refractivity contribution in [1.29, 1.82) is 0 Å². The van der Waals surface area contributed by atoms with Crippen LogP contribution in [0.2, 0.25) is 0 Å². The van der Waals surface area contributed by atoms with E-state index in [0.717, 1.165) is 24.0 Å². The lowest BCUT2D eigenvalue weighted by molar-refractivity contribution is -0.145. The number of rotatable bonds is 7. The van der Waals surface area contributed by atoms with Gasteiger partial charge < -0.3 is 4.74 Å². The Morgan fingerprint density at radius 2 is 1.62 bits per heavy atom. The number of hydrogen-bond acceptors (Lipinski definition) is 2. The summed E-state index contributed by atoms with van der Waals surface area (Å²) in [6.07, 6.45) is 2.62. The van der Waals surface area contributed by atoms with Crippen LogP contribution in [0, 0.1) is 0 Å². The zero-order valence-electron chi connectivity index (χ0n) is 12.5. The summed E-state index contributed by atoms with van der Waals surface area (Å²) in [5, 5.41) is 0. The average Bonchev–Trinajstić information content (AvgIpc) is 2.54. The number of ether oxygens (including phenoxy) is 1. The van der Waals surface area contributed by atoms with E-state index in [-0.39, 0.29) is 11.9 Å². The first-order chi connectivity index (χ1) is 10.3. The van der Waals surface area contributed by atoms with Crippen LogP contribution in [-0.2, 0) is 16.0 Å². The molecule has 21 heavy (non-hydrogen) atoms. The van der Waals surface area contributed by atoms with Gasteiger partial charge in [-0.2, -0.15) is 0 Å². The van der Waals surface area contributed by atoms with Crippen molar-refractivity contribution in [2.45, 2.75) is 32.1 Å². The second-order valence-corrected chi connectivity index (χ2v) is 5.17. The fraction of sp³-hybridized carbons (Fsp3) is 0.316. The van der Waals surface area contributed by atoms with Crippen molar-refractivity contribution in [3.63, 3.8) is 0 Å². The van der Waals surface area contributed by atoms with E-state index in [9.17, 15) is 4.79 Å². The van der Waals surface area contributed by atoms with E-state index < -0.39 is 0 Å². The lowest BCUT2D eigenvalue weighted by Gasteiger charge is -2.16. The Labute approximate surface area is 126 Å². The standard InChI is InChI=1S/C19H22O2/c1-2-3-14-21-19(20)18(17-12-8-5-9-13-17)15-16-10-6-4-7-11-16/h4-13,18H,2-3,14-15H2,1H3. The fourth-order valence-corrected chi connectivity index (χ4v) is 2.29. The minimum Gasteiger partial charge on any atom is -0.465 e. The molecule has 1 atom stereocenters. The Morgan fingerprint density at radius 1 is 1.00 bits per heavy atom. The molecule has 0 radical (unpaired) electrons. The highest BCUT2D eigenvalue weighted by Gasteiger charge is 2.22. The molecule has 0 N–H and O–H groups in total. The Bertz CT molecular complexity index is 534. The first kappa shape index (κ1) is 15.3. The first-order valence-electron chi connectivity index (χ1n) is 7.56. The molecule has 0 aliphatic heterocycles. The van der Waals surface area contributed by atoms with Gasteiger partial charge in [0.1, 0.15) is 0 Å². The molecular weight excluding hydrogens is 260 g/mol. The van der Waals surface area contributed by atoms with Gasteiger partial charge in [-0.05, 0) is 24.0 Å². The molecule has 0 saturated carbocycles. The number of benzene rings is 2. The first-order valence-corrected chi connectivity index (χ1v) is 7.56. The van der Waals surface area contributed by atoms with Gasteiger partial charge in [0.15, 0.2) is 0 Å². The summed E-state index contributed by atoms with van der Waals surface area (Å²) >= 11 is 0. The predicted molar refractivity (Wildman–Crippen MR) is 85.2 cm³/mol. The number of esters is 1. The summed E-state index contributed by atoms with van der Waals surface area (Å²) in [6.45, 7) is 2.60. The van der Waals surface area contributed by atoms with E-state index in [1.54, 1.807) is 0 Å². The Hall–Kier alpha value is -2.09. The monoisotopic (exact) mass is 282 g/mol. The zero-order valence-corrected chi connectivity index (χ0v) is 12.5. The van der Waals surface area contributed by atoms with Crippen LogP contribution in [-0.4, -0.2) is 12.6 Å². The lowest BCUT2D eigenvalue weighted by Crippen LogP contribution is -2.19. The predicted octanol–water partition coefficient (Wildman–Crippen LogP) is 4.36. The van der Waals surface area contributed by atoms with E-state index in [1.165, 1.54) is 0 Å². The van der Waals surface area contributed by atoms with Crippen molar-refractivity contribution < 1.29 is 9.53 Å². The maximum atomic E-state index is 12.4. The molecule has 0 bridgehead atoms. The maximum Gasteiger partial charge on any atom is 0.313 e. The smallest absolute Gasteiger partial charge is 0.313 e. The van der Waals surface area contributed by atoms with E-state index >= 15 is 0 Å². The normalized spacial score (nSPS) is 11.9. The molecule has 2 rings (SSSR count). The van der Waals surface area contributed by atoms with Gasteiger partial charge in [-0.25, -0.2) is 0 Å². The van der Waals surface area contributed by atoms with Crippen LogP contribution in [0.4, 0.5) is 0 Å². The molecule has 0 fully saturated rings. The Morgan fingerprint density at radius 3 is 2.24 bits per heavy atom. The number of unbranched alkanes of at least 4 members (excludes halogenated alkanes) is 1. The molecule has 2 nitrogen and oxygen atoms in total. The highest BCUT2D eigenvalue weighted by molar-refractivity contribution is 5.78. The molecule has 0 aliphatic rings. The molecule has 2 heteroatoms. The van der Waals surface area contributed by atoms with Gasteiger partial charge in [0.05, 0.1) is 12.5 Å². The lowest BCUT2D eigenvalue weighted by atomic mass is 9.92. The van der Waals surface area contributed by atoms with Gasteiger partial charge >= 0.3 is 5.97 Å². The molecule has 0 aliphatic carbocycles. The van der Waals surface area contributed by atoms with Gasteiger partial charge in [-0.3, -0.25) is 4.79 Å². The summed E-state index contributed by atoms with van der Waals surface area (Å²) in [5.41, 5.74) is 2.17. The van der Waals surface area contributed by atoms with Crippen LogP contribution in [0.25, 0.3) is 0 Å². The highest BCUT2D eigenvalue weighted by atomic mass is 16.5. The summed E-state index contributed by atoms with van der Waals surface area (Å²) in [4.78, 5) is 12.4. The minimum absolute atomic E-state index is 0.126. The minimum atomic E-state index is -0.231. The Balaban J connectivity index is 2.12. The average molecular weight is 282 g/mol. The van der Waals surface area contributed by atoms with Crippen molar-refractivity contribution in [2.24, 2.45) is 0 Å². The summed E-state index contributed by atoms with van der Waals surface area (Å²) in [7, 11) is 0. The second-order valence-electron chi connectivity index (χ2n) is 5.17. The molecule has 2 aromatic rings. The van der Waals surface area contributed by atoms with Gasteiger partial charge in [0.2, 0.25) is 0 Å². The highest BCUT2D eigenvalue weighted by Crippen LogP contribution is 2.22. The van der Waals surface area contributed by atoms with Crippen LogP contribution in [0.1, 0.15) is 36.8 Å². The van der Waals surface area contributed by atoms with Gasteiger partial charge in [-0.15, -0.1) is 0 Å².